The molecule has 1 aliphatic heterocycles. The molecule has 11 nitrogen and oxygen atoms in total. The summed E-state index contributed by atoms with van der Waals surface area (Å²) in [6.45, 7) is 0.363. The summed E-state index contributed by atoms with van der Waals surface area (Å²) in [4.78, 5) is 61.2. The van der Waals surface area contributed by atoms with E-state index >= 15 is 0 Å². The highest BCUT2D eigenvalue weighted by Gasteiger charge is 2.47. The number of urea groups is 1. The van der Waals surface area contributed by atoms with Gasteiger partial charge in [0.1, 0.15) is 12.1 Å². The summed E-state index contributed by atoms with van der Waals surface area (Å²) in [5.74, 6) is -3.55. The summed E-state index contributed by atoms with van der Waals surface area (Å²) in [5.41, 5.74) is 6.61. The Kier molecular flexibility index (Phi) is 7.94. The van der Waals surface area contributed by atoms with Crippen LogP contribution in [0.3, 0.4) is 0 Å². The predicted octanol–water partition coefficient (Wildman–Crippen LogP) is 0.750. The van der Waals surface area contributed by atoms with Gasteiger partial charge in [0, 0.05) is 31.3 Å². The quantitative estimate of drug-likeness (QED) is 0.224. The third-order valence-electron chi connectivity index (χ3n) is 5.09. The maximum absolute atomic E-state index is 12.7. The fraction of sp³-hybridized carbons (Fsp3) is 0.450. The number of imide groups is 1. The minimum Gasteiger partial charge on any atom is -0.481 e. The Balaban J connectivity index is 1.86. The molecule has 2 atom stereocenters. The maximum atomic E-state index is 12.7. The number of anilines is 1. The number of carboxylic acids is 2. The van der Waals surface area contributed by atoms with Gasteiger partial charge in [-0.05, 0) is 49.9 Å². The summed E-state index contributed by atoms with van der Waals surface area (Å²) in [6.07, 6.45) is 0.515. The standard InChI is InChI=1S/C20H26N4O7/c1-23-14(4-2-3-11-22-17(27)12-5-7-13(21)8-6-12)18(28)24(20(23)31)15(19(29)30)9-10-16(25)26/h5-8,14-15H,2-4,9-11,21H2,1H3,(H,22,27)(H,25,26)(H,29,30)/t14-,15?/m0/s1. The first-order valence-electron chi connectivity index (χ1n) is 9.81. The number of nitrogens with two attached hydrogens (primary N) is 1. The molecule has 0 aliphatic carbocycles. The molecule has 1 saturated heterocycles. The molecule has 1 heterocycles. The Bertz CT molecular complexity index is 856. The van der Waals surface area contributed by atoms with Crippen molar-refractivity contribution in [3.05, 3.63) is 29.8 Å². The van der Waals surface area contributed by atoms with E-state index in [1.54, 1.807) is 24.3 Å². The zero-order chi connectivity index (χ0) is 23.1. The highest BCUT2D eigenvalue weighted by molar-refractivity contribution is 6.06. The van der Waals surface area contributed by atoms with Gasteiger partial charge >= 0.3 is 18.0 Å². The number of amides is 4. The van der Waals surface area contributed by atoms with Crippen LogP contribution in [0.1, 0.15) is 42.5 Å². The number of hydrogen-bond donors (Lipinski definition) is 4. The lowest BCUT2D eigenvalue weighted by Crippen LogP contribution is -2.46. The first kappa shape index (κ1) is 23.6. The molecule has 1 aliphatic rings. The van der Waals surface area contributed by atoms with Crippen LogP contribution in [0, 0.1) is 0 Å². The van der Waals surface area contributed by atoms with Crippen molar-refractivity contribution < 1.29 is 34.2 Å². The lowest BCUT2D eigenvalue weighted by molar-refractivity contribution is -0.148. The number of carbonyl (C=O) groups is 5. The van der Waals surface area contributed by atoms with Crippen LogP contribution in [0.15, 0.2) is 24.3 Å². The molecule has 1 unspecified atom stereocenters. The summed E-state index contributed by atoms with van der Waals surface area (Å²) < 4.78 is 0. The van der Waals surface area contributed by atoms with Crippen molar-refractivity contribution in [2.24, 2.45) is 0 Å². The van der Waals surface area contributed by atoms with E-state index in [2.05, 4.69) is 5.32 Å². The Morgan fingerprint density at radius 1 is 1.13 bits per heavy atom. The molecule has 0 bridgehead atoms. The minimum atomic E-state index is -1.53. The van der Waals surface area contributed by atoms with Crippen molar-refractivity contribution in [1.29, 1.82) is 0 Å². The van der Waals surface area contributed by atoms with Gasteiger partial charge in [-0.2, -0.15) is 0 Å². The summed E-state index contributed by atoms with van der Waals surface area (Å²) >= 11 is 0. The smallest absolute Gasteiger partial charge is 0.328 e. The molecule has 5 N–H and O–H groups in total. The van der Waals surface area contributed by atoms with E-state index in [0.29, 0.717) is 42.0 Å². The van der Waals surface area contributed by atoms with E-state index in [1.807, 2.05) is 0 Å². The lowest BCUT2D eigenvalue weighted by Gasteiger charge is -2.21. The number of carboxylic acid groups (broad SMARTS) is 2. The number of likely N-dealkylation sites (N-methyl/N-ethyl adjacent to an activating group) is 1. The fourth-order valence-corrected chi connectivity index (χ4v) is 3.35. The van der Waals surface area contributed by atoms with Crippen molar-refractivity contribution in [2.75, 3.05) is 19.3 Å². The van der Waals surface area contributed by atoms with Crippen molar-refractivity contribution in [3.63, 3.8) is 0 Å². The van der Waals surface area contributed by atoms with Gasteiger partial charge in [-0.1, -0.05) is 0 Å². The third-order valence-corrected chi connectivity index (χ3v) is 5.09. The van der Waals surface area contributed by atoms with Crippen LogP contribution < -0.4 is 11.1 Å². The average molecular weight is 434 g/mol. The molecular weight excluding hydrogens is 408 g/mol. The Morgan fingerprint density at radius 3 is 2.35 bits per heavy atom. The first-order chi connectivity index (χ1) is 14.6. The zero-order valence-electron chi connectivity index (χ0n) is 17.1. The van der Waals surface area contributed by atoms with Crippen LogP contribution in [0.25, 0.3) is 0 Å². The average Bonchev–Trinajstić information content (AvgIpc) is 2.91. The van der Waals surface area contributed by atoms with E-state index in [1.165, 1.54) is 11.9 Å². The van der Waals surface area contributed by atoms with Gasteiger partial charge < -0.3 is 26.2 Å². The third kappa shape index (κ3) is 5.93. The van der Waals surface area contributed by atoms with Crippen LogP contribution in [0.5, 0.6) is 0 Å². The van der Waals surface area contributed by atoms with Crippen molar-refractivity contribution in [3.8, 4) is 0 Å². The van der Waals surface area contributed by atoms with Gasteiger partial charge in [-0.25, -0.2) is 14.5 Å². The van der Waals surface area contributed by atoms with E-state index in [-0.39, 0.29) is 12.3 Å². The SMILES string of the molecule is CN1C(=O)N(C(CCC(=O)O)C(=O)O)C(=O)[C@@H]1CCCCNC(=O)c1ccc(N)cc1. The van der Waals surface area contributed by atoms with Gasteiger partial charge in [-0.3, -0.25) is 14.4 Å². The first-order valence-corrected chi connectivity index (χ1v) is 9.81. The molecule has 0 aromatic heterocycles. The second-order valence-corrected chi connectivity index (χ2v) is 7.28. The normalized spacial score (nSPS) is 17.0. The molecule has 1 aromatic rings. The largest absolute Gasteiger partial charge is 0.481 e. The monoisotopic (exact) mass is 434 g/mol. The van der Waals surface area contributed by atoms with Crippen molar-refractivity contribution in [1.82, 2.24) is 15.1 Å². The topological polar surface area (TPSA) is 170 Å². The Hall–Kier alpha value is -3.63. The Labute approximate surface area is 178 Å². The lowest BCUT2D eigenvalue weighted by atomic mass is 10.1. The number of aliphatic carboxylic acids is 2. The van der Waals surface area contributed by atoms with Crippen LogP contribution in [0.4, 0.5) is 10.5 Å². The summed E-state index contributed by atoms with van der Waals surface area (Å²) in [7, 11) is 1.41. The maximum Gasteiger partial charge on any atom is 0.328 e. The van der Waals surface area contributed by atoms with Gasteiger partial charge in [0.2, 0.25) is 0 Å². The van der Waals surface area contributed by atoms with Gasteiger partial charge in [0.25, 0.3) is 11.8 Å². The molecule has 1 fully saturated rings. The molecule has 168 valence electrons. The number of nitrogens with one attached hydrogen (secondary N) is 1. The van der Waals surface area contributed by atoms with Crippen LogP contribution in [-0.4, -0.2) is 75.5 Å². The second kappa shape index (κ2) is 10.4. The van der Waals surface area contributed by atoms with E-state index in [0.717, 1.165) is 0 Å². The van der Waals surface area contributed by atoms with Gasteiger partial charge in [-0.15, -0.1) is 0 Å². The summed E-state index contributed by atoms with van der Waals surface area (Å²) in [6, 6.07) is 3.36. The highest BCUT2D eigenvalue weighted by atomic mass is 16.4. The van der Waals surface area contributed by atoms with Gasteiger partial charge in [0.15, 0.2) is 0 Å². The fourth-order valence-electron chi connectivity index (χ4n) is 3.35. The number of rotatable bonds is 11. The number of unbranched alkanes of at least 4 members (excludes halogenated alkanes) is 1. The minimum absolute atomic E-state index is 0.252. The predicted molar refractivity (Wildman–Crippen MR) is 109 cm³/mol. The molecule has 0 spiro atoms. The number of nitrogens with zero attached hydrogens (tertiary/aromatic N) is 2. The molecular formula is C20H26N4O7. The number of hydrogen-bond acceptors (Lipinski definition) is 6. The van der Waals surface area contributed by atoms with Crippen LogP contribution in [0.2, 0.25) is 0 Å². The van der Waals surface area contributed by atoms with Gasteiger partial charge in [0.05, 0.1) is 0 Å². The number of benzene rings is 1. The van der Waals surface area contributed by atoms with E-state index < -0.39 is 42.4 Å². The number of carbonyl (C=O) groups excluding carboxylic acids is 3. The van der Waals surface area contributed by atoms with E-state index in [9.17, 15) is 29.1 Å². The molecule has 4 amide bonds. The molecule has 31 heavy (non-hydrogen) atoms. The van der Waals surface area contributed by atoms with Crippen molar-refractivity contribution in [2.45, 2.75) is 44.2 Å². The Morgan fingerprint density at radius 2 is 1.77 bits per heavy atom. The van der Waals surface area contributed by atoms with Crippen molar-refractivity contribution >= 4 is 35.5 Å². The zero-order valence-corrected chi connectivity index (χ0v) is 17.1. The van der Waals surface area contributed by atoms with Crippen LogP contribution in [-0.2, 0) is 14.4 Å². The molecule has 0 saturated carbocycles. The van der Waals surface area contributed by atoms with E-state index in [4.69, 9.17) is 10.8 Å². The molecule has 1 aromatic carbocycles. The molecule has 2 rings (SSSR count). The number of nitrogen functional groups attached to an aromatic ring is 1. The second-order valence-electron chi connectivity index (χ2n) is 7.28. The molecule has 11 heteroatoms. The molecule has 0 radical (unpaired) electrons. The van der Waals surface area contributed by atoms with Crippen LogP contribution >= 0.6 is 0 Å². The summed E-state index contributed by atoms with van der Waals surface area (Å²) in [5, 5.41) is 20.9. The highest BCUT2D eigenvalue weighted by Crippen LogP contribution is 2.24.